The topological polar surface area (TPSA) is 9.23 Å². The standard InChI is InChI=1S/C16H28Br2O/c1-2-7-15(12-17,13-18)11-14-6-10-16(19-14)8-4-3-5-9-16/h14H,2-13H2,1H3. The van der Waals surface area contributed by atoms with E-state index in [0.717, 1.165) is 10.7 Å². The molecule has 1 atom stereocenters. The van der Waals surface area contributed by atoms with Crippen LogP contribution in [0.25, 0.3) is 0 Å². The Balaban J connectivity index is 1.92. The molecule has 0 amide bonds. The van der Waals surface area contributed by atoms with Crippen LogP contribution in [-0.4, -0.2) is 22.4 Å². The van der Waals surface area contributed by atoms with Crippen LogP contribution in [0.15, 0.2) is 0 Å². The molecule has 1 saturated carbocycles. The molecule has 1 unspecified atom stereocenters. The van der Waals surface area contributed by atoms with Crippen LogP contribution < -0.4 is 0 Å². The van der Waals surface area contributed by atoms with Gasteiger partial charge in [0.2, 0.25) is 0 Å². The number of hydrogen-bond acceptors (Lipinski definition) is 1. The van der Waals surface area contributed by atoms with E-state index in [9.17, 15) is 0 Å². The molecule has 2 aliphatic rings. The first kappa shape index (κ1) is 16.3. The predicted molar refractivity (Wildman–Crippen MR) is 89.5 cm³/mol. The second-order valence-electron chi connectivity index (χ2n) is 6.74. The van der Waals surface area contributed by atoms with Crippen molar-refractivity contribution in [3.8, 4) is 0 Å². The van der Waals surface area contributed by atoms with Gasteiger partial charge >= 0.3 is 0 Å². The lowest BCUT2D eigenvalue weighted by atomic mass is 9.81. The van der Waals surface area contributed by atoms with Gasteiger partial charge in [0.05, 0.1) is 11.7 Å². The number of rotatable bonds is 6. The van der Waals surface area contributed by atoms with E-state index < -0.39 is 0 Å². The first-order valence-corrected chi connectivity index (χ1v) is 10.2. The summed E-state index contributed by atoms with van der Waals surface area (Å²) in [5.74, 6) is 0. The Morgan fingerprint density at radius 1 is 1.11 bits per heavy atom. The summed E-state index contributed by atoms with van der Waals surface area (Å²) < 4.78 is 6.55. The molecule has 19 heavy (non-hydrogen) atoms. The summed E-state index contributed by atoms with van der Waals surface area (Å²) in [4.78, 5) is 0. The van der Waals surface area contributed by atoms with E-state index in [1.54, 1.807) is 0 Å². The highest BCUT2D eigenvalue weighted by molar-refractivity contribution is 9.09. The van der Waals surface area contributed by atoms with Gasteiger partial charge in [-0.15, -0.1) is 0 Å². The van der Waals surface area contributed by atoms with Gasteiger partial charge in [-0.3, -0.25) is 0 Å². The molecule has 0 bridgehead atoms. The fourth-order valence-corrected chi connectivity index (χ4v) is 5.94. The van der Waals surface area contributed by atoms with Crippen molar-refractivity contribution in [3.05, 3.63) is 0 Å². The van der Waals surface area contributed by atoms with Crippen LogP contribution in [0.3, 0.4) is 0 Å². The average Bonchev–Trinajstić information content (AvgIpc) is 2.81. The zero-order chi connectivity index (χ0) is 13.8. The third-order valence-corrected chi connectivity index (χ3v) is 7.49. The van der Waals surface area contributed by atoms with Crippen molar-refractivity contribution in [1.82, 2.24) is 0 Å². The predicted octanol–water partition coefficient (Wildman–Crippen LogP) is 5.83. The van der Waals surface area contributed by atoms with Gasteiger partial charge in [0.25, 0.3) is 0 Å². The first-order valence-electron chi connectivity index (χ1n) is 7.97. The van der Waals surface area contributed by atoms with Gasteiger partial charge in [0, 0.05) is 10.7 Å². The maximum Gasteiger partial charge on any atom is 0.0687 e. The Morgan fingerprint density at radius 3 is 2.37 bits per heavy atom. The van der Waals surface area contributed by atoms with Gasteiger partial charge in [-0.05, 0) is 43.9 Å². The minimum atomic E-state index is 0.277. The lowest BCUT2D eigenvalue weighted by molar-refractivity contribution is -0.0743. The fourth-order valence-electron chi connectivity index (χ4n) is 4.00. The molecule has 112 valence electrons. The second-order valence-corrected chi connectivity index (χ2v) is 7.87. The molecule has 2 fully saturated rings. The van der Waals surface area contributed by atoms with Crippen molar-refractivity contribution in [1.29, 1.82) is 0 Å². The van der Waals surface area contributed by atoms with Crippen LogP contribution in [0, 0.1) is 5.41 Å². The van der Waals surface area contributed by atoms with E-state index in [-0.39, 0.29) is 5.60 Å². The second kappa shape index (κ2) is 7.26. The van der Waals surface area contributed by atoms with Crippen LogP contribution in [0.1, 0.15) is 71.1 Å². The molecule has 1 heterocycles. The van der Waals surface area contributed by atoms with Crippen LogP contribution in [0.2, 0.25) is 0 Å². The van der Waals surface area contributed by atoms with E-state index >= 15 is 0 Å². The zero-order valence-corrected chi connectivity index (χ0v) is 15.4. The van der Waals surface area contributed by atoms with Crippen molar-refractivity contribution in [2.75, 3.05) is 10.7 Å². The van der Waals surface area contributed by atoms with Crippen molar-refractivity contribution in [2.24, 2.45) is 5.41 Å². The molecule has 1 aliphatic heterocycles. The molecule has 0 aromatic heterocycles. The highest BCUT2D eigenvalue weighted by Gasteiger charge is 2.43. The van der Waals surface area contributed by atoms with Gasteiger partial charge in [-0.1, -0.05) is 64.5 Å². The Labute approximate surface area is 135 Å². The van der Waals surface area contributed by atoms with Gasteiger partial charge < -0.3 is 4.74 Å². The Morgan fingerprint density at radius 2 is 1.79 bits per heavy atom. The smallest absolute Gasteiger partial charge is 0.0687 e. The maximum absolute atomic E-state index is 6.55. The molecule has 2 rings (SSSR count). The molecule has 1 spiro atoms. The van der Waals surface area contributed by atoms with E-state index in [2.05, 4.69) is 38.8 Å². The van der Waals surface area contributed by atoms with E-state index in [1.807, 2.05) is 0 Å². The van der Waals surface area contributed by atoms with Crippen LogP contribution in [0.5, 0.6) is 0 Å². The number of alkyl halides is 2. The van der Waals surface area contributed by atoms with Crippen molar-refractivity contribution in [3.63, 3.8) is 0 Å². The molecular formula is C16H28Br2O. The number of ether oxygens (including phenoxy) is 1. The van der Waals surface area contributed by atoms with Crippen molar-refractivity contribution in [2.45, 2.75) is 82.8 Å². The molecule has 0 radical (unpaired) electrons. The highest BCUT2D eigenvalue weighted by atomic mass is 79.9. The number of hydrogen-bond donors (Lipinski definition) is 0. The average molecular weight is 396 g/mol. The van der Waals surface area contributed by atoms with Crippen LogP contribution in [-0.2, 0) is 4.74 Å². The third-order valence-electron chi connectivity index (χ3n) is 5.11. The summed E-state index contributed by atoms with van der Waals surface area (Å²) in [5.41, 5.74) is 0.666. The molecule has 0 aromatic carbocycles. The number of halogens is 2. The third kappa shape index (κ3) is 3.97. The summed E-state index contributed by atoms with van der Waals surface area (Å²) in [6.45, 7) is 2.29. The highest BCUT2D eigenvalue weighted by Crippen LogP contribution is 2.46. The van der Waals surface area contributed by atoms with E-state index in [0.29, 0.717) is 11.5 Å². The summed E-state index contributed by atoms with van der Waals surface area (Å²) >= 11 is 7.49. The summed E-state index contributed by atoms with van der Waals surface area (Å²) in [6.07, 6.45) is 13.7. The Hall–Kier alpha value is 0.920. The summed E-state index contributed by atoms with van der Waals surface area (Å²) in [5, 5.41) is 2.18. The van der Waals surface area contributed by atoms with Gasteiger partial charge in [0.1, 0.15) is 0 Å². The zero-order valence-electron chi connectivity index (χ0n) is 12.2. The van der Waals surface area contributed by atoms with Gasteiger partial charge in [0.15, 0.2) is 0 Å². The quantitative estimate of drug-likeness (QED) is 0.513. The minimum absolute atomic E-state index is 0.277. The molecule has 0 aromatic rings. The molecule has 0 N–H and O–H groups in total. The lowest BCUT2D eigenvalue weighted by Gasteiger charge is -2.36. The first-order chi connectivity index (χ1) is 9.17. The SMILES string of the molecule is CCCC(CBr)(CBr)CC1CCC2(CCCCC2)O1. The Bertz CT molecular complexity index is 270. The summed E-state index contributed by atoms with van der Waals surface area (Å²) in [6, 6.07) is 0. The van der Waals surface area contributed by atoms with E-state index in [1.165, 1.54) is 64.2 Å². The van der Waals surface area contributed by atoms with Crippen molar-refractivity contribution < 1.29 is 4.74 Å². The van der Waals surface area contributed by atoms with Crippen molar-refractivity contribution >= 4 is 31.9 Å². The molecule has 3 heteroatoms. The molecular weight excluding hydrogens is 368 g/mol. The minimum Gasteiger partial charge on any atom is -0.372 e. The van der Waals surface area contributed by atoms with Gasteiger partial charge in [-0.2, -0.15) is 0 Å². The molecule has 1 aliphatic carbocycles. The largest absolute Gasteiger partial charge is 0.372 e. The lowest BCUT2D eigenvalue weighted by Crippen LogP contribution is -2.34. The Kier molecular flexibility index (Phi) is 6.23. The van der Waals surface area contributed by atoms with Crippen LogP contribution in [0.4, 0.5) is 0 Å². The summed E-state index contributed by atoms with van der Waals surface area (Å²) in [7, 11) is 0. The van der Waals surface area contributed by atoms with Crippen LogP contribution >= 0.6 is 31.9 Å². The normalized spacial score (nSPS) is 27.0. The molecule has 1 nitrogen and oxygen atoms in total. The van der Waals surface area contributed by atoms with Gasteiger partial charge in [-0.25, -0.2) is 0 Å². The monoisotopic (exact) mass is 394 g/mol. The van der Waals surface area contributed by atoms with E-state index in [4.69, 9.17) is 4.74 Å². The molecule has 1 saturated heterocycles. The fraction of sp³-hybridized carbons (Fsp3) is 1.00. The maximum atomic E-state index is 6.55.